The third-order valence-corrected chi connectivity index (χ3v) is 4.54. The fourth-order valence-corrected chi connectivity index (χ4v) is 3.09. The Kier molecular flexibility index (Phi) is 3.87. The molecule has 1 N–H and O–H groups in total. The Morgan fingerprint density at radius 1 is 1.40 bits per heavy atom. The minimum absolute atomic E-state index is 0.0151. The molecule has 0 aliphatic carbocycles. The van der Waals surface area contributed by atoms with Gasteiger partial charge in [0.1, 0.15) is 5.15 Å². The second kappa shape index (κ2) is 5.29. The predicted molar refractivity (Wildman–Crippen MR) is 75.4 cm³/mol. The van der Waals surface area contributed by atoms with Crippen molar-refractivity contribution in [3.63, 3.8) is 0 Å². The summed E-state index contributed by atoms with van der Waals surface area (Å²) < 4.78 is 29.4. The molecule has 108 valence electrons. The molecule has 0 spiro atoms. The van der Waals surface area contributed by atoms with Crippen LogP contribution >= 0.6 is 11.6 Å². The number of hydrogen-bond donors (Lipinski definition) is 1. The molecule has 0 fully saturated rings. The standard InChI is InChI=1S/C11H13ClN4O3S/c1-3-16-6-8(4-5-9(16)17)14-20(18,19)11-10(12)15(2)7-13-11/h4-7,14H,3H2,1-2H3. The molecule has 20 heavy (non-hydrogen) atoms. The van der Waals surface area contributed by atoms with Crippen molar-refractivity contribution in [2.24, 2.45) is 7.05 Å². The summed E-state index contributed by atoms with van der Waals surface area (Å²) in [6, 6.07) is 2.68. The zero-order valence-electron chi connectivity index (χ0n) is 10.9. The molecule has 0 atom stereocenters. The molecule has 0 radical (unpaired) electrons. The SMILES string of the molecule is CCn1cc(NS(=O)(=O)c2ncn(C)c2Cl)ccc1=O. The first kappa shape index (κ1) is 14.6. The van der Waals surface area contributed by atoms with Gasteiger partial charge in [-0.2, -0.15) is 8.42 Å². The van der Waals surface area contributed by atoms with Gasteiger partial charge in [0, 0.05) is 25.9 Å². The number of aromatic nitrogens is 3. The van der Waals surface area contributed by atoms with E-state index in [-0.39, 0.29) is 21.4 Å². The van der Waals surface area contributed by atoms with E-state index >= 15 is 0 Å². The molecule has 0 amide bonds. The van der Waals surface area contributed by atoms with E-state index < -0.39 is 10.0 Å². The molecule has 2 heterocycles. The lowest BCUT2D eigenvalue weighted by atomic mass is 10.4. The molecule has 0 saturated heterocycles. The highest BCUT2D eigenvalue weighted by Gasteiger charge is 2.22. The summed E-state index contributed by atoms with van der Waals surface area (Å²) in [7, 11) is -2.30. The number of nitrogens with one attached hydrogen (secondary N) is 1. The molecule has 7 nitrogen and oxygen atoms in total. The van der Waals surface area contributed by atoms with Gasteiger partial charge in [-0.3, -0.25) is 9.52 Å². The fraction of sp³-hybridized carbons (Fsp3) is 0.273. The molecule has 0 bridgehead atoms. The van der Waals surface area contributed by atoms with Crippen LogP contribution in [0, 0.1) is 0 Å². The molecule has 2 aromatic heterocycles. The topological polar surface area (TPSA) is 86.0 Å². The zero-order chi connectivity index (χ0) is 14.9. The number of anilines is 1. The number of sulfonamides is 1. The zero-order valence-corrected chi connectivity index (χ0v) is 12.4. The number of imidazole rings is 1. The smallest absolute Gasteiger partial charge is 0.282 e. The summed E-state index contributed by atoms with van der Waals surface area (Å²) in [5, 5.41) is -0.239. The average Bonchev–Trinajstić information content (AvgIpc) is 2.72. The second-order valence-electron chi connectivity index (χ2n) is 4.10. The fourth-order valence-electron chi connectivity index (χ4n) is 1.62. The van der Waals surface area contributed by atoms with Gasteiger partial charge in [0.15, 0.2) is 0 Å². The van der Waals surface area contributed by atoms with Crippen molar-refractivity contribution in [1.82, 2.24) is 14.1 Å². The van der Waals surface area contributed by atoms with Crippen LogP contribution in [-0.4, -0.2) is 22.5 Å². The summed E-state index contributed by atoms with van der Waals surface area (Å²) in [6.45, 7) is 2.23. The van der Waals surface area contributed by atoms with E-state index in [1.807, 2.05) is 0 Å². The Hall–Kier alpha value is -1.80. The Morgan fingerprint density at radius 2 is 2.10 bits per heavy atom. The van der Waals surface area contributed by atoms with Crippen LogP contribution in [0.3, 0.4) is 0 Å². The van der Waals surface area contributed by atoms with Gasteiger partial charge in [-0.25, -0.2) is 4.98 Å². The van der Waals surface area contributed by atoms with Crippen molar-refractivity contribution in [2.45, 2.75) is 18.5 Å². The molecule has 0 unspecified atom stereocenters. The van der Waals surface area contributed by atoms with E-state index in [4.69, 9.17) is 11.6 Å². The van der Waals surface area contributed by atoms with E-state index in [0.717, 1.165) is 0 Å². The Bertz CT molecular complexity index is 794. The third-order valence-electron chi connectivity index (χ3n) is 2.67. The van der Waals surface area contributed by atoms with Crippen LogP contribution in [0.2, 0.25) is 5.15 Å². The summed E-state index contributed by atoms with van der Waals surface area (Å²) in [6.07, 6.45) is 2.74. The Morgan fingerprint density at radius 3 is 2.65 bits per heavy atom. The summed E-state index contributed by atoms with van der Waals surface area (Å²) >= 11 is 5.87. The summed E-state index contributed by atoms with van der Waals surface area (Å²) in [5.74, 6) is 0. The largest absolute Gasteiger partial charge is 0.324 e. The number of hydrogen-bond acceptors (Lipinski definition) is 4. The highest BCUT2D eigenvalue weighted by atomic mass is 35.5. The summed E-state index contributed by atoms with van der Waals surface area (Å²) in [5.41, 5.74) is 0.0690. The number of aryl methyl sites for hydroxylation is 2. The van der Waals surface area contributed by atoms with Crippen molar-refractivity contribution >= 4 is 27.3 Å². The minimum atomic E-state index is -3.89. The lowest BCUT2D eigenvalue weighted by molar-refractivity contribution is 0.598. The van der Waals surface area contributed by atoms with Crippen LogP contribution in [-0.2, 0) is 23.6 Å². The van der Waals surface area contributed by atoms with Crippen LogP contribution < -0.4 is 10.3 Å². The third kappa shape index (κ3) is 2.70. The summed E-state index contributed by atoms with van der Waals surface area (Å²) in [4.78, 5) is 15.2. The monoisotopic (exact) mass is 316 g/mol. The van der Waals surface area contributed by atoms with E-state index in [0.29, 0.717) is 6.54 Å². The predicted octanol–water partition coefficient (Wildman–Crippen LogP) is 1.06. The van der Waals surface area contributed by atoms with Crippen LogP contribution in [0.25, 0.3) is 0 Å². The van der Waals surface area contributed by atoms with E-state index in [1.165, 1.54) is 33.8 Å². The first-order chi connectivity index (χ1) is 9.35. The molecule has 9 heteroatoms. The van der Waals surface area contributed by atoms with Gasteiger partial charge in [0.25, 0.3) is 15.6 Å². The Labute approximate surface area is 120 Å². The Balaban J connectivity index is 2.38. The maximum absolute atomic E-state index is 12.2. The number of nitrogens with zero attached hydrogens (tertiary/aromatic N) is 3. The maximum Gasteiger partial charge on any atom is 0.282 e. The van der Waals surface area contributed by atoms with Crippen molar-refractivity contribution in [2.75, 3.05) is 4.72 Å². The molecule has 0 aromatic carbocycles. The molecule has 2 aromatic rings. The highest BCUT2D eigenvalue weighted by Crippen LogP contribution is 2.21. The molecule has 2 rings (SSSR count). The van der Waals surface area contributed by atoms with Crippen LogP contribution in [0.5, 0.6) is 0 Å². The van der Waals surface area contributed by atoms with E-state index in [9.17, 15) is 13.2 Å². The van der Waals surface area contributed by atoms with Crippen molar-refractivity contribution in [3.05, 3.63) is 40.2 Å². The second-order valence-corrected chi connectivity index (χ2v) is 6.05. The highest BCUT2D eigenvalue weighted by molar-refractivity contribution is 7.92. The van der Waals surface area contributed by atoms with Gasteiger partial charge in [-0.15, -0.1) is 0 Å². The van der Waals surface area contributed by atoms with Crippen molar-refractivity contribution < 1.29 is 8.42 Å². The lowest BCUT2D eigenvalue weighted by Crippen LogP contribution is -2.20. The van der Waals surface area contributed by atoms with Gasteiger partial charge in [-0.1, -0.05) is 11.6 Å². The quantitative estimate of drug-likeness (QED) is 0.913. The van der Waals surface area contributed by atoms with E-state index in [2.05, 4.69) is 9.71 Å². The van der Waals surface area contributed by atoms with Crippen molar-refractivity contribution in [1.29, 1.82) is 0 Å². The molecular weight excluding hydrogens is 304 g/mol. The number of pyridine rings is 1. The van der Waals surface area contributed by atoms with Gasteiger partial charge >= 0.3 is 0 Å². The van der Waals surface area contributed by atoms with Gasteiger partial charge in [-0.05, 0) is 13.0 Å². The van der Waals surface area contributed by atoms with Crippen LogP contribution in [0.15, 0.2) is 34.5 Å². The first-order valence-electron chi connectivity index (χ1n) is 5.75. The lowest BCUT2D eigenvalue weighted by Gasteiger charge is -2.08. The minimum Gasteiger partial charge on any atom is -0.324 e. The number of halogens is 1. The first-order valence-corrected chi connectivity index (χ1v) is 7.61. The van der Waals surface area contributed by atoms with Gasteiger partial charge < -0.3 is 9.13 Å². The normalized spacial score (nSPS) is 11.6. The molecule has 0 aliphatic rings. The molecule has 0 aliphatic heterocycles. The van der Waals surface area contributed by atoms with Crippen LogP contribution in [0.4, 0.5) is 5.69 Å². The van der Waals surface area contributed by atoms with Crippen molar-refractivity contribution in [3.8, 4) is 0 Å². The van der Waals surface area contributed by atoms with Gasteiger partial charge in [0.2, 0.25) is 5.03 Å². The molecular formula is C11H13ClN4O3S. The van der Waals surface area contributed by atoms with E-state index in [1.54, 1.807) is 14.0 Å². The average molecular weight is 317 g/mol. The maximum atomic E-state index is 12.2. The van der Waals surface area contributed by atoms with Crippen LogP contribution in [0.1, 0.15) is 6.92 Å². The molecule has 0 saturated carbocycles. The van der Waals surface area contributed by atoms with Gasteiger partial charge in [0.05, 0.1) is 12.0 Å². The number of rotatable bonds is 4.